The zero-order valence-corrected chi connectivity index (χ0v) is 32.5. The standard InChI is InChI=1S/C41H40N3O8P3/c1-7-19-35(20-8-1)47-44-54(48-36-21-9-2-10-22-36,49-37-23-11-3-12-24-37)42-53-43(31-32-45-33-41-34-46-41)55(44,50-38-25-13-4-14-26-38,51-39-27-15-5-16-28-39)52-40-29-17-6-18-30-40/h1-30,41,53H,31-34H2. The quantitative estimate of drug-likeness (QED) is 0.0504. The minimum absolute atomic E-state index is 0.0699. The van der Waals surface area contributed by atoms with Crippen LogP contribution in [0, 0.1) is 0 Å². The molecule has 1 saturated heterocycles. The van der Waals surface area contributed by atoms with E-state index >= 15 is 0 Å². The summed E-state index contributed by atoms with van der Waals surface area (Å²) in [6, 6.07) is 56.3. The second-order valence-electron chi connectivity index (χ2n) is 12.3. The average molecular weight is 796 g/mol. The van der Waals surface area contributed by atoms with Crippen LogP contribution in [-0.2, 0) is 9.47 Å². The molecule has 2 heterocycles. The maximum atomic E-state index is 7.50. The van der Waals surface area contributed by atoms with Gasteiger partial charge in [-0.1, -0.05) is 0 Å². The summed E-state index contributed by atoms with van der Waals surface area (Å²) in [5, 5.41) is 0. The fourth-order valence-corrected chi connectivity index (χ4v) is 15.9. The predicted octanol–water partition coefficient (Wildman–Crippen LogP) is 11.0. The summed E-state index contributed by atoms with van der Waals surface area (Å²) >= 11 is 0. The first kappa shape index (κ1) is 37.0. The Morgan fingerprint density at radius 1 is 0.564 bits per heavy atom. The average Bonchev–Trinajstić information content (AvgIpc) is 4.06. The van der Waals surface area contributed by atoms with Gasteiger partial charge in [-0.15, -0.1) is 0 Å². The molecule has 0 amide bonds. The van der Waals surface area contributed by atoms with E-state index in [9.17, 15) is 0 Å². The van der Waals surface area contributed by atoms with Crippen molar-refractivity contribution in [3.05, 3.63) is 182 Å². The van der Waals surface area contributed by atoms with Gasteiger partial charge in [0.25, 0.3) is 0 Å². The zero-order valence-electron chi connectivity index (χ0n) is 29.7. The van der Waals surface area contributed by atoms with Crippen molar-refractivity contribution < 1.29 is 36.9 Å². The molecule has 2 unspecified atom stereocenters. The monoisotopic (exact) mass is 795 g/mol. The van der Waals surface area contributed by atoms with E-state index in [4.69, 9.17) is 41.4 Å². The Bertz CT molecular complexity index is 2010. The summed E-state index contributed by atoms with van der Waals surface area (Å²) in [5.41, 5.74) is 0. The SMILES string of the molecule is c1ccc(ON2P(Oc3ccccc3)(Oc3ccccc3)=NPN(CCOCC3CO3)P2(Oc2ccccc2)(Oc2ccccc2)Oc2ccccc2)cc1. The topological polar surface area (TPSA) is 96.0 Å². The van der Waals surface area contributed by atoms with Gasteiger partial charge in [0, 0.05) is 0 Å². The van der Waals surface area contributed by atoms with Crippen molar-refractivity contribution in [2.75, 3.05) is 26.4 Å². The summed E-state index contributed by atoms with van der Waals surface area (Å²) in [4.78, 5) is 7.16. The van der Waals surface area contributed by atoms with Crippen LogP contribution >= 0.6 is 24.1 Å². The van der Waals surface area contributed by atoms with E-state index in [0.717, 1.165) is 0 Å². The second-order valence-corrected chi connectivity index (χ2v) is 19.3. The molecule has 14 heteroatoms. The van der Waals surface area contributed by atoms with Crippen LogP contribution in [0.3, 0.4) is 0 Å². The van der Waals surface area contributed by atoms with Gasteiger partial charge in [-0.2, -0.15) is 0 Å². The first-order valence-electron chi connectivity index (χ1n) is 17.8. The van der Waals surface area contributed by atoms with Crippen LogP contribution in [0.5, 0.6) is 34.5 Å². The van der Waals surface area contributed by atoms with E-state index in [-0.39, 0.29) is 19.3 Å². The van der Waals surface area contributed by atoms with Crippen molar-refractivity contribution >= 4 is 24.1 Å². The molecule has 6 aromatic rings. The van der Waals surface area contributed by atoms with E-state index in [0.29, 0.717) is 47.7 Å². The normalized spacial score (nSPS) is 19.4. The molecule has 55 heavy (non-hydrogen) atoms. The molecule has 0 bridgehead atoms. The number of benzene rings is 6. The number of epoxide rings is 1. The Morgan fingerprint density at radius 3 is 1.35 bits per heavy atom. The number of hydrogen-bond donors (Lipinski definition) is 0. The maximum absolute atomic E-state index is 7.50. The molecule has 282 valence electrons. The molecule has 2 aliphatic heterocycles. The van der Waals surface area contributed by atoms with Gasteiger partial charge in [-0.25, -0.2) is 0 Å². The predicted molar refractivity (Wildman–Crippen MR) is 216 cm³/mol. The van der Waals surface area contributed by atoms with E-state index in [1.807, 2.05) is 186 Å². The third-order valence-corrected chi connectivity index (χ3v) is 17.5. The van der Waals surface area contributed by atoms with Crippen molar-refractivity contribution in [1.82, 2.24) is 9.05 Å². The third kappa shape index (κ3) is 8.50. The molecule has 8 rings (SSSR count). The Balaban J connectivity index is 1.44. The van der Waals surface area contributed by atoms with Crippen molar-refractivity contribution in [2.24, 2.45) is 4.52 Å². The zero-order chi connectivity index (χ0) is 37.3. The number of hydrogen-bond acceptors (Lipinski definition) is 11. The van der Waals surface area contributed by atoms with Crippen LogP contribution in [0.25, 0.3) is 0 Å². The number of nitrogens with zero attached hydrogens (tertiary/aromatic N) is 3. The minimum atomic E-state index is -5.40. The van der Waals surface area contributed by atoms with Crippen molar-refractivity contribution in [3.63, 3.8) is 0 Å². The fourth-order valence-electron chi connectivity index (χ4n) is 5.61. The Kier molecular flexibility index (Phi) is 11.3. The van der Waals surface area contributed by atoms with Crippen LogP contribution in [0.1, 0.15) is 0 Å². The molecule has 11 nitrogen and oxygen atoms in total. The van der Waals surface area contributed by atoms with Crippen LogP contribution in [-0.4, -0.2) is 41.5 Å². The summed E-state index contributed by atoms with van der Waals surface area (Å²) < 4.78 is 57.1. The van der Waals surface area contributed by atoms with E-state index < -0.39 is 24.1 Å². The number of rotatable bonds is 17. The summed E-state index contributed by atoms with van der Waals surface area (Å²) in [7, 11) is -9.76. The molecule has 0 N–H and O–H groups in total. The van der Waals surface area contributed by atoms with Gasteiger partial charge < -0.3 is 0 Å². The third-order valence-electron chi connectivity index (χ3n) is 8.23. The fraction of sp³-hybridized carbons (Fsp3) is 0.122. The Hall–Kier alpha value is -4.95. The molecule has 2 atom stereocenters. The van der Waals surface area contributed by atoms with E-state index in [2.05, 4.69) is 0 Å². The van der Waals surface area contributed by atoms with Crippen molar-refractivity contribution in [1.29, 1.82) is 0 Å². The molecule has 6 aromatic carbocycles. The van der Waals surface area contributed by atoms with Crippen LogP contribution in [0.2, 0.25) is 0 Å². The molecular formula is C41H40N3O8P3. The number of ether oxygens (including phenoxy) is 2. The van der Waals surface area contributed by atoms with Gasteiger partial charge in [-0.3, -0.25) is 0 Å². The Labute approximate surface area is 322 Å². The molecule has 0 saturated carbocycles. The van der Waals surface area contributed by atoms with Crippen LogP contribution in [0.4, 0.5) is 0 Å². The molecule has 0 radical (unpaired) electrons. The van der Waals surface area contributed by atoms with E-state index in [1.54, 1.807) is 0 Å². The second kappa shape index (κ2) is 16.8. The van der Waals surface area contributed by atoms with Gasteiger partial charge in [0.05, 0.1) is 0 Å². The summed E-state index contributed by atoms with van der Waals surface area (Å²) in [6.07, 6.45) is 0.0699. The molecular weight excluding hydrogens is 755 g/mol. The molecule has 0 spiro atoms. The van der Waals surface area contributed by atoms with Gasteiger partial charge >= 0.3 is 324 Å². The molecule has 1 fully saturated rings. The molecule has 0 aromatic heterocycles. The molecule has 2 aliphatic rings. The van der Waals surface area contributed by atoms with Gasteiger partial charge in [-0.05, 0) is 0 Å². The van der Waals surface area contributed by atoms with Gasteiger partial charge in [0.1, 0.15) is 0 Å². The van der Waals surface area contributed by atoms with Gasteiger partial charge in [0.15, 0.2) is 0 Å². The first-order valence-corrected chi connectivity index (χ1v) is 22.1. The van der Waals surface area contributed by atoms with E-state index in [1.165, 1.54) is 4.60 Å². The summed E-state index contributed by atoms with van der Waals surface area (Å²) in [6.45, 7) is 1.62. The van der Waals surface area contributed by atoms with Crippen molar-refractivity contribution in [3.8, 4) is 34.5 Å². The summed E-state index contributed by atoms with van der Waals surface area (Å²) in [5.74, 6) is 2.72. The van der Waals surface area contributed by atoms with Crippen molar-refractivity contribution in [2.45, 2.75) is 6.10 Å². The molecule has 0 aliphatic carbocycles. The number of para-hydroxylation sites is 6. The first-order chi connectivity index (χ1) is 27.1. The van der Waals surface area contributed by atoms with Gasteiger partial charge in [0.2, 0.25) is 0 Å². The van der Waals surface area contributed by atoms with Crippen LogP contribution in [0.15, 0.2) is 187 Å². The van der Waals surface area contributed by atoms with Crippen LogP contribution < -0.4 is 27.5 Å². The Morgan fingerprint density at radius 2 is 0.945 bits per heavy atom.